The Hall–Kier alpha value is -1.04. The maximum atomic E-state index is 11.1. The second-order valence-corrected chi connectivity index (χ2v) is 2.81. The monoisotopic (exact) mass is 186 g/mol. The average molecular weight is 186 g/mol. The molecule has 0 aromatic carbocycles. The molecular weight excluding hydrogens is 176 g/mol. The van der Waals surface area contributed by atoms with Gasteiger partial charge in [0.15, 0.2) is 11.6 Å². The highest BCUT2D eigenvalue weighted by Gasteiger charge is 2.43. The number of ketones is 2. The second kappa shape index (κ2) is 3.37. The van der Waals surface area contributed by atoms with Gasteiger partial charge in [-0.25, -0.2) is 0 Å². The van der Waals surface area contributed by atoms with Crippen LogP contribution in [0.3, 0.4) is 0 Å². The van der Waals surface area contributed by atoms with Crippen molar-refractivity contribution in [2.24, 2.45) is 0 Å². The van der Waals surface area contributed by atoms with Crippen LogP contribution in [0.15, 0.2) is 11.6 Å². The van der Waals surface area contributed by atoms with Crippen LogP contribution >= 0.6 is 0 Å². The summed E-state index contributed by atoms with van der Waals surface area (Å²) in [5, 5.41) is 27.2. The molecule has 1 aliphatic rings. The molecule has 0 aromatic rings. The van der Waals surface area contributed by atoms with E-state index in [-0.39, 0.29) is 5.57 Å². The van der Waals surface area contributed by atoms with Gasteiger partial charge in [0.1, 0.15) is 18.3 Å². The third kappa shape index (κ3) is 1.41. The minimum Gasteiger partial charge on any atom is -0.387 e. The molecule has 0 spiro atoms. The van der Waals surface area contributed by atoms with Gasteiger partial charge in [-0.2, -0.15) is 0 Å². The van der Waals surface area contributed by atoms with Gasteiger partial charge in [0.05, 0.1) is 5.57 Å². The van der Waals surface area contributed by atoms with Gasteiger partial charge in [0.2, 0.25) is 0 Å². The molecule has 1 aliphatic carbocycles. The van der Waals surface area contributed by atoms with Crippen molar-refractivity contribution in [3.8, 4) is 0 Å². The molecule has 0 bridgehead atoms. The van der Waals surface area contributed by atoms with Crippen molar-refractivity contribution >= 4 is 11.6 Å². The van der Waals surface area contributed by atoms with E-state index in [2.05, 4.69) is 0 Å². The van der Waals surface area contributed by atoms with E-state index in [1.54, 1.807) is 0 Å². The van der Waals surface area contributed by atoms with E-state index in [1.165, 1.54) is 13.0 Å². The van der Waals surface area contributed by atoms with Gasteiger partial charge in [-0.15, -0.1) is 0 Å². The van der Waals surface area contributed by atoms with Crippen molar-refractivity contribution < 1.29 is 24.9 Å². The molecule has 2 unspecified atom stereocenters. The van der Waals surface area contributed by atoms with Crippen molar-refractivity contribution in [3.63, 3.8) is 0 Å². The molecule has 0 aliphatic heterocycles. The lowest BCUT2D eigenvalue weighted by molar-refractivity contribution is -0.150. The highest BCUT2D eigenvalue weighted by Crippen LogP contribution is 2.18. The molecule has 13 heavy (non-hydrogen) atoms. The minimum atomic E-state index is -1.72. The lowest BCUT2D eigenvalue weighted by atomic mass is 9.85. The fourth-order valence-electron chi connectivity index (χ4n) is 1.21. The normalized spacial score (nSPS) is 35.1. The maximum Gasteiger partial charge on any atom is 0.197 e. The van der Waals surface area contributed by atoms with Crippen LogP contribution in [0.1, 0.15) is 6.92 Å². The predicted molar refractivity (Wildman–Crippen MR) is 41.8 cm³/mol. The summed E-state index contributed by atoms with van der Waals surface area (Å²) in [7, 11) is 0. The topological polar surface area (TPSA) is 94.8 Å². The number of hydrogen-bond acceptors (Lipinski definition) is 5. The van der Waals surface area contributed by atoms with Crippen LogP contribution in [-0.4, -0.2) is 45.2 Å². The van der Waals surface area contributed by atoms with Gasteiger partial charge < -0.3 is 15.3 Å². The lowest BCUT2D eigenvalue weighted by Crippen LogP contribution is -2.53. The van der Waals surface area contributed by atoms with E-state index < -0.39 is 29.9 Å². The van der Waals surface area contributed by atoms with E-state index >= 15 is 0 Å². The van der Waals surface area contributed by atoms with Crippen LogP contribution in [0.5, 0.6) is 0 Å². The van der Waals surface area contributed by atoms with Crippen molar-refractivity contribution in [3.05, 3.63) is 11.6 Å². The molecule has 1 fully saturated rings. The first-order valence-electron chi connectivity index (χ1n) is 3.79. The Balaban J connectivity index is 3.07. The number of aliphatic hydroxyl groups excluding tert-OH is 3. The molecule has 1 saturated carbocycles. The molecule has 2 atom stereocenters. The van der Waals surface area contributed by atoms with Crippen LogP contribution in [0, 0.1) is 0 Å². The summed E-state index contributed by atoms with van der Waals surface area (Å²) in [5.41, 5.74) is -0.259. The zero-order chi connectivity index (χ0) is 10.2. The van der Waals surface area contributed by atoms with Crippen molar-refractivity contribution in [1.29, 1.82) is 0 Å². The van der Waals surface area contributed by atoms with Crippen molar-refractivity contribution in [2.45, 2.75) is 25.2 Å². The molecule has 72 valence electrons. The highest BCUT2D eigenvalue weighted by atomic mass is 16.4. The third-order valence-corrected chi connectivity index (χ3v) is 2.00. The van der Waals surface area contributed by atoms with Gasteiger partial charge >= 0.3 is 0 Å². The molecular formula is C8H10O5. The average Bonchev–Trinajstić information content (AvgIpc) is 2.13. The summed E-state index contributed by atoms with van der Waals surface area (Å²) >= 11 is 0. The summed E-state index contributed by atoms with van der Waals surface area (Å²) in [6.07, 6.45) is -3.93. The van der Waals surface area contributed by atoms with Gasteiger partial charge in [-0.3, -0.25) is 9.59 Å². The Morgan fingerprint density at radius 1 is 1.08 bits per heavy atom. The smallest absolute Gasteiger partial charge is 0.197 e. The van der Waals surface area contributed by atoms with E-state index in [9.17, 15) is 9.59 Å². The first kappa shape index (κ1) is 10.0. The molecule has 0 aromatic heterocycles. The first-order chi connectivity index (χ1) is 6.00. The SMILES string of the molecule is CC=C1C(=O)C(O)C(O)C(O)C1=O. The summed E-state index contributed by atoms with van der Waals surface area (Å²) in [4.78, 5) is 22.2. The van der Waals surface area contributed by atoms with E-state index in [1.807, 2.05) is 0 Å². The van der Waals surface area contributed by atoms with E-state index in [4.69, 9.17) is 15.3 Å². The summed E-state index contributed by atoms with van der Waals surface area (Å²) in [6, 6.07) is 0. The number of rotatable bonds is 0. The Morgan fingerprint density at radius 2 is 1.46 bits per heavy atom. The number of aliphatic hydroxyl groups is 3. The predicted octanol–water partition coefficient (Wildman–Crippen LogP) is -1.83. The van der Waals surface area contributed by atoms with Gasteiger partial charge in [0.25, 0.3) is 0 Å². The zero-order valence-corrected chi connectivity index (χ0v) is 6.97. The lowest BCUT2D eigenvalue weighted by Gasteiger charge is -2.27. The summed E-state index contributed by atoms with van der Waals surface area (Å²) < 4.78 is 0. The minimum absolute atomic E-state index is 0.259. The van der Waals surface area contributed by atoms with Crippen LogP contribution < -0.4 is 0 Å². The molecule has 5 nitrogen and oxygen atoms in total. The molecule has 5 heteroatoms. The van der Waals surface area contributed by atoms with E-state index in [0.717, 1.165) is 0 Å². The highest BCUT2D eigenvalue weighted by molar-refractivity contribution is 6.25. The van der Waals surface area contributed by atoms with Gasteiger partial charge in [0, 0.05) is 0 Å². The first-order valence-corrected chi connectivity index (χ1v) is 3.79. The Bertz CT molecular complexity index is 256. The maximum absolute atomic E-state index is 11.1. The summed E-state index contributed by atoms with van der Waals surface area (Å²) in [6.45, 7) is 1.45. The fraction of sp³-hybridized carbons (Fsp3) is 0.500. The van der Waals surface area contributed by atoms with Crippen LogP contribution in [0.2, 0.25) is 0 Å². The van der Waals surface area contributed by atoms with Crippen LogP contribution in [0.25, 0.3) is 0 Å². The number of carbonyl (C=O) groups is 2. The van der Waals surface area contributed by atoms with Gasteiger partial charge in [-0.1, -0.05) is 6.08 Å². The quantitative estimate of drug-likeness (QED) is 0.305. The standard InChI is InChI=1S/C8H10O5/c1-2-3-4(9)6(11)8(13)7(12)5(3)10/h2,6-8,11-13H,1H3. The molecule has 1 rings (SSSR count). The Morgan fingerprint density at radius 3 is 1.77 bits per heavy atom. The molecule has 0 radical (unpaired) electrons. The number of carbonyl (C=O) groups excluding carboxylic acids is 2. The third-order valence-electron chi connectivity index (χ3n) is 2.00. The zero-order valence-electron chi connectivity index (χ0n) is 6.97. The van der Waals surface area contributed by atoms with Gasteiger partial charge in [-0.05, 0) is 6.92 Å². The van der Waals surface area contributed by atoms with Crippen LogP contribution in [0.4, 0.5) is 0 Å². The second-order valence-electron chi connectivity index (χ2n) is 2.81. The number of allylic oxidation sites excluding steroid dienone is 1. The molecule has 0 amide bonds. The van der Waals surface area contributed by atoms with E-state index in [0.29, 0.717) is 0 Å². The molecule has 0 heterocycles. The fourth-order valence-corrected chi connectivity index (χ4v) is 1.21. The Kier molecular flexibility index (Phi) is 2.60. The van der Waals surface area contributed by atoms with Crippen LogP contribution in [-0.2, 0) is 9.59 Å². The summed E-state index contributed by atoms with van der Waals surface area (Å²) in [5.74, 6) is -1.68. The van der Waals surface area contributed by atoms with Crippen molar-refractivity contribution in [1.82, 2.24) is 0 Å². The molecule has 3 N–H and O–H groups in total. The largest absolute Gasteiger partial charge is 0.387 e. The number of Topliss-reactive ketones (excluding diaryl/α,β-unsaturated/α-hetero) is 2. The number of hydrogen-bond donors (Lipinski definition) is 3. The Labute approximate surface area is 74.3 Å². The van der Waals surface area contributed by atoms with Crippen molar-refractivity contribution in [2.75, 3.05) is 0 Å². The molecule has 0 saturated heterocycles.